The Morgan fingerprint density at radius 3 is 2.19 bits per heavy atom. The second-order valence-corrected chi connectivity index (χ2v) is 22.5. The maximum Gasteiger partial charge on any atom is 0.311 e. The number of rotatable bonds is 17. The summed E-state index contributed by atoms with van der Waals surface area (Å²) in [6.07, 6.45) is 0.757. The zero-order valence-electron chi connectivity index (χ0n) is 46.7. The number of halogens is 1. The molecule has 5 N–H and O–H groups in total. The number of anilines is 1. The maximum absolute atomic E-state index is 14.9. The Hall–Kier alpha value is -4.05. The topological polar surface area (TPSA) is 236 Å². The van der Waals surface area contributed by atoms with Gasteiger partial charge >= 0.3 is 5.97 Å². The van der Waals surface area contributed by atoms with Gasteiger partial charge < -0.3 is 54.4 Å². The summed E-state index contributed by atoms with van der Waals surface area (Å²) in [7, 11) is 3.61. The van der Waals surface area contributed by atoms with E-state index in [2.05, 4.69) is 46.1 Å². The molecule has 6 rings (SSSR count). The van der Waals surface area contributed by atoms with Crippen molar-refractivity contribution >= 4 is 17.7 Å². The van der Waals surface area contributed by atoms with E-state index in [4.69, 9.17) is 34.2 Å². The monoisotopic (exact) mass is 1050 g/mol. The lowest BCUT2D eigenvalue weighted by atomic mass is 9.67. The lowest BCUT2D eigenvalue weighted by Crippen LogP contribution is -2.58. The van der Waals surface area contributed by atoms with Gasteiger partial charge in [0, 0.05) is 80.9 Å². The van der Waals surface area contributed by atoms with Gasteiger partial charge in [0.05, 0.1) is 48.2 Å². The lowest BCUT2D eigenvalue weighted by molar-refractivity contribution is -0.285. The van der Waals surface area contributed by atoms with Crippen molar-refractivity contribution in [3.63, 3.8) is 0 Å². The lowest BCUT2D eigenvalue weighted by Gasteiger charge is -2.49. The first-order valence-electron chi connectivity index (χ1n) is 27.3. The first kappa shape index (κ1) is 60.2. The van der Waals surface area contributed by atoms with E-state index in [1.807, 2.05) is 52.0 Å². The van der Waals surface area contributed by atoms with E-state index in [0.29, 0.717) is 44.3 Å². The minimum absolute atomic E-state index is 0.0202. The molecule has 75 heavy (non-hydrogen) atoms. The first-order valence-corrected chi connectivity index (χ1v) is 27.3. The molecule has 0 spiro atoms. The number of esters is 1. The van der Waals surface area contributed by atoms with Crippen molar-refractivity contribution in [2.75, 3.05) is 33.1 Å². The summed E-state index contributed by atoms with van der Waals surface area (Å²) < 4.78 is 55.6. The van der Waals surface area contributed by atoms with Gasteiger partial charge in [-0.2, -0.15) is 0 Å². The van der Waals surface area contributed by atoms with E-state index in [0.717, 1.165) is 23.1 Å². The number of aliphatic hydroxyl groups is 3. The molecule has 5 heterocycles. The van der Waals surface area contributed by atoms with E-state index in [1.54, 1.807) is 60.3 Å². The number of aliphatic hydroxyl groups excluding tert-OH is 2. The van der Waals surface area contributed by atoms with Crippen LogP contribution in [0.5, 0.6) is 0 Å². The Morgan fingerprint density at radius 2 is 1.59 bits per heavy atom. The number of nitrogens with zero attached hydrogens (tertiary/aromatic N) is 6. The SMILES string of the molecule is CC[C@H]1OC(=O)[C@H](C)[C@@H](O[C@H]2C[C@H](C)[C@@H](O)[C@H](C)O2)[C@H](C)[C@@H](OC2CC(N(C)CCc3cn(C(CF)C(OC)c4ccc(-c5cnc(N)nc5)cc4)nn3)CC(C)O2)[C@](C)(CC)C[C@@H](C)C(=O)C(C)C(O)[C@@]1(O)CC. The first-order chi connectivity index (χ1) is 35.5. The van der Waals surface area contributed by atoms with Crippen LogP contribution in [0.25, 0.3) is 11.1 Å². The standard InChI is InChI=1S/C56H88FN7O11/c1-14-44-56(69,16-3)51(67)34(7)47(65)32(5)26-55(11,15-2)52(35(8)49(36(9)53(68)73-44)74-45-23-31(4)48(66)37(10)72-45)75-46-25-42(24-33(6)71-46)63(12)22-21-41-30-64(62-61-41)43(27-57)50(70-13)39-19-17-38(18-20-39)40-28-59-54(58)60-29-40/h17-20,28-37,42-46,48-52,66-67,69H,14-16,21-27H2,1-13H3,(H2,58,59,60)/t31-,32+,33?,34?,35-,36+,37-,42?,43?,44+,45-,46?,48+,49-,50?,51?,52+,55+,56+/m0/s1. The van der Waals surface area contributed by atoms with Gasteiger partial charge in [0.1, 0.15) is 36.3 Å². The third-order valence-electron chi connectivity index (χ3n) is 17.1. The molecule has 2 aromatic heterocycles. The number of ketones is 1. The van der Waals surface area contributed by atoms with Crippen molar-refractivity contribution in [3.05, 3.63) is 54.1 Å². The molecular weight excluding hydrogens is 966 g/mol. The second-order valence-electron chi connectivity index (χ2n) is 22.5. The smallest absolute Gasteiger partial charge is 0.311 e. The summed E-state index contributed by atoms with van der Waals surface area (Å²) >= 11 is 0. The molecule has 3 aliphatic heterocycles. The highest BCUT2D eigenvalue weighted by Gasteiger charge is 2.52. The summed E-state index contributed by atoms with van der Waals surface area (Å²) in [4.78, 5) is 39.4. The average Bonchev–Trinajstić information content (AvgIpc) is 3.88. The Kier molecular flexibility index (Phi) is 20.9. The molecular formula is C56H88FN7O11. The minimum atomic E-state index is -1.90. The molecule has 420 valence electrons. The van der Waals surface area contributed by atoms with E-state index < -0.39 is 109 Å². The number of nitrogens with two attached hydrogens (primary N) is 1. The summed E-state index contributed by atoms with van der Waals surface area (Å²) in [5.74, 6) is -3.76. The fourth-order valence-electron chi connectivity index (χ4n) is 12.1. The number of ether oxygens (including phenoxy) is 6. The number of cyclic esters (lactones) is 1. The molecule has 0 radical (unpaired) electrons. The van der Waals surface area contributed by atoms with Crippen LogP contribution >= 0.6 is 0 Å². The number of aromatic nitrogens is 5. The molecule has 0 amide bonds. The van der Waals surface area contributed by atoms with E-state index >= 15 is 0 Å². The maximum atomic E-state index is 14.9. The number of hydrogen-bond donors (Lipinski definition) is 4. The minimum Gasteiger partial charge on any atom is -0.459 e. The third kappa shape index (κ3) is 13.8. The van der Waals surface area contributed by atoms with Crippen LogP contribution in [-0.2, 0) is 44.4 Å². The summed E-state index contributed by atoms with van der Waals surface area (Å²) in [6, 6.07) is 6.84. The fourth-order valence-corrected chi connectivity index (χ4v) is 12.1. The zero-order valence-corrected chi connectivity index (χ0v) is 46.7. The Balaban J connectivity index is 1.23. The molecule has 3 aromatic rings. The second kappa shape index (κ2) is 26.1. The van der Waals surface area contributed by atoms with Crippen LogP contribution in [0.1, 0.15) is 145 Å². The van der Waals surface area contributed by atoms with Crippen molar-refractivity contribution in [2.24, 2.45) is 35.0 Å². The number of alkyl halides is 1. The predicted molar refractivity (Wildman–Crippen MR) is 280 cm³/mol. The number of Topliss-reactive ketones (excluding diaryl/α,β-unsaturated/α-hetero) is 1. The normalized spacial score (nSPS) is 36.4. The predicted octanol–water partition coefficient (Wildman–Crippen LogP) is 7.24. The number of benzene rings is 1. The molecule has 1 aromatic carbocycles. The van der Waals surface area contributed by atoms with Gasteiger partial charge in [-0.25, -0.2) is 19.0 Å². The molecule has 3 aliphatic rings. The van der Waals surface area contributed by atoms with Crippen molar-refractivity contribution in [3.8, 4) is 11.1 Å². The fraction of sp³-hybridized carbons (Fsp3) is 0.750. The van der Waals surface area contributed by atoms with E-state index in [-0.39, 0.29) is 42.6 Å². The van der Waals surface area contributed by atoms with Gasteiger partial charge in [0.25, 0.3) is 0 Å². The summed E-state index contributed by atoms with van der Waals surface area (Å²) in [5.41, 5.74) is 6.21. The number of methoxy groups -OCH3 is 1. The van der Waals surface area contributed by atoms with Crippen LogP contribution in [-0.4, -0.2) is 151 Å². The average molecular weight is 1050 g/mol. The van der Waals surface area contributed by atoms with Crippen molar-refractivity contribution in [1.82, 2.24) is 29.9 Å². The number of carbonyl (C=O) groups is 2. The number of likely N-dealkylation sites (N-methyl/N-ethyl adjacent to an activating group) is 1. The quantitative estimate of drug-likeness (QED) is 0.0975. The van der Waals surface area contributed by atoms with Crippen LogP contribution in [0.4, 0.5) is 10.3 Å². The van der Waals surface area contributed by atoms with Gasteiger partial charge in [0.15, 0.2) is 12.6 Å². The van der Waals surface area contributed by atoms with E-state index in [1.165, 1.54) is 4.68 Å². The molecule has 0 saturated carbocycles. The van der Waals surface area contributed by atoms with Crippen molar-refractivity contribution < 1.29 is 57.7 Å². The Bertz CT molecular complexity index is 2270. The Labute approximate surface area is 443 Å². The van der Waals surface area contributed by atoms with Crippen molar-refractivity contribution in [1.29, 1.82) is 0 Å². The molecule has 3 fully saturated rings. The van der Waals surface area contributed by atoms with Crippen LogP contribution in [0, 0.1) is 35.0 Å². The largest absolute Gasteiger partial charge is 0.459 e. The van der Waals surface area contributed by atoms with Gasteiger partial charge in [-0.3, -0.25) is 9.59 Å². The van der Waals surface area contributed by atoms with Gasteiger partial charge in [0.2, 0.25) is 5.95 Å². The highest BCUT2D eigenvalue weighted by molar-refractivity contribution is 5.83. The number of carbonyl (C=O) groups excluding carboxylic acids is 2. The zero-order chi connectivity index (χ0) is 55.1. The molecule has 0 bridgehead atoms. The molecule has 7 unspecified atom stereocenters. The van der Waals surface area contributed by atoms with Crippen LogP contribution < -0.4 is 5.73 Å². The number of nitrogen functional groups attached to an aromatic ring is 1. The molecule has 3 saturated heterocycles. The molecule has 18 nitrogen and oxygen atoms in total. The van der Waals surface area contributed by atoms with Crippen molar-refractivity contribution in [2.45, 2.75) is 207 Å². The van der Waals surface area contributed by atoms with Crippen LogP contribution in [0.2, 0.25) is 0 Å². The van der Waals surface area contributed by atoms with Crippen LogP contribution in [0.15, 0.2) is 42.9 Å². The highest BCUT2D eigenvalue weighted by atomic mass is 19.1. The summed E-state index contributed by atoms with van der Waals surface area (Å²) in [5, 5.41) is 43.6. The highest BCUT2D eigenvalue weighted by Crippen LogP contribution is 2.45. The van der Waals surface area contributed by atoms with Crippen LogP contribution in [0.3, 0.4) is 0 Å². The van der Waals surface area contributed by atoms with Gasteiger partial charge in [-0.05, 0) is 82.4 Å². The van der Waals surface area contributed by atoms with Gasteiger partial charge in [-0.15, -0.1) is 5.10 Å². The number of hydrogen-bond acceptors (Lipinski definition) is 17. The molecule has 19 atom stereocenters. The van der Waals surface area contributed by atoms with E-state index in [9.17, 15) is 29.3 Å². The molecule has 19 heteroatoms. The summed E-state index contributed by atoms with van der Waals surface area (Å²) in [6.45, 7) is 20.5. The van der Waals surface area contributed by atoms with Gasteiger partial charge in [-0.1, -0.05) is 84.9 Å². The Morgan fingerprint density at radius 1 is 0.920 bits per heavy atom. The molecule has 0 aliphatic carbocycles. The third-order valence-corrected chi connectivity index (χ3v) is 17.1.